The molecule has 0 bridgehead atoms. The number of allylic oxidation sites excluding steroid dienone is 2. The molecule has 0 atom stereocenters. The number of rotatable bonds is 5. The van der Waals surface area contributed by atoms with E-state index in [1.54, 1.807) is 0 Å². The number of hydrogen-bond acceptors (Lipinski definition) is 6. The zero-order valence-corrected chi connectivity index (χ0v) is 30.8. The van der Waals surface area contributed by atoms with Crippen molar-refractivity contribution in [3.63, 3.8) is 0 Å². The number of anilines is 6. The Hall–Kier alpha value is -7.52. The fraction of sp³-hybridized carbons (Fsp3) is 0.0417. The van der Waals surface area contributed by atoms with E-state index in [-0.39, 0.29) is 6.71 Å². The van der Waals surface area contributed by atoms with Gasteiger partial charge in [0.05, 0.1) is 16.6 Å². The largest absolute Gasteiger partial charge is 0.296 e. The summed E-state index contributed by atoms with van der Waals surface area (Å²) in [6.45, 7) is -0.0680. The van der Waals surface area contributed by atoms with Gasteiger partial charge >= 0.3 is 0 Å². The Morgan fingerprint density at radius 3 is 2.12 bits per heavy atom. The maximum Gasteiger partial charge on any atom is 0.254 e. The highest BCUT2D eigenvalue weighted by molar-refractivity contribution is 7.00. The summed E-state index contributed by atoms with van der Waals surface area (Å²) in [5.74, 6) is 3.35. The van der Waals surface area contributed by atoms with Gasteiger partial charge in [0.15, 0.2) is 0 Å². The standard InChI is InChI=1S/C48H33BN8/c1-2-7-22-38-34(18-6-1)44-35-19-14-20-36-46(35)57(48(44)56(38)43-25-10-13-28-52-43)40-31-33(55(41-23-8-11-26-50-41)42-24-9-12-27-51-42)30-39-45(40)49(36)37-21-15-29-53-47(37)54(39)32-16-4-3-5-17-32/h1,3-6,8-31H,2,7H2/b6-1-,34-18+,38-22+. The molecule has 57 heavy (non-hydrogen) atoms. The van der Waals surface area contributed by atoms with Gasteiger partial charge in [-0.25, -0.2) is 19.9 Å². The predicted octanol–water partition coefficient (Wildman–Crippen LogP) is 7.15. The van der Waals surface area contributed by atoms with Gasteiger partial charge in [0.1, 0.15) is 28.9 Å². The first-order valence-electron chi connectivity index (χ1n) is 19.4. The molecule has 9 heteroatoms. The average molecular weight is 733 g/mol. The van der Waals surface area contributed by atoms with Gasteiger partial charge in [-0.15, -0.1) is 0 Å². The maximum atomic E-state index is 5.15. The van der Waals surface area contributed by atoms with Crippen LogP contribution in [0.15, 0.2) is 164 Å². The van der Waals surface area contributed by atoms with Crippen LogP contribution in [0.1, 0.15) is 12.8 Å². The van der Waals surface area contributed by atoms with E-state index in [0.29, 0.717) is 0 Å². The van der Waals surface area contributed by atoms with Crippen molar-refractivity contribution in [3.8, 4) is 11.5 Å². The minimum absolute atomic E-state index is 0.0680. The SMILES string of the molecule is C1=C/CC\C=c2/c(c3c4cccc5c4n(c3n2-c2ccccn2)-c2cc(N(c3ccccn3)c3ccccn3)cc3c2B5c2cccnc2N3c2ccccc2)=C\1. The molecule has 3 aliphatic rings. The first kappa shape index (κ1) is 31.8. The Bertz CT molecular complexity index is 3160. The third-order valence-electron chi connectivity index (χ3n) is 11.5. The van der Waals surface area contributed by atoms with Gasteiger partial charge in [0.2, 0.25) is 0 Å². The van der Waals surface area contributed by atoms with Gasteiger partial charge in [-0.2, -0.15) is 0 Å². The molecule has 0 unspecified atom stereocenters. The summed E-state index contributed by atoms with van der Waals surface area (Å²) >= 11 is 0. The van der Waals surface area contributed by atoms with Gasteiger partial charge < -0.3 is 0 Å². The van der Waals surface area contributed by atoms with Crippen LogP contribution in [0.4, 0.5) is 34.5 Å². The summed E-state index contributed by atoms with van der Waals surface area (Å²) in [6.07, 6.45) is 18.6. The van der Waals surface area contributed by atoms with Gasteiger partial charge in [-0.1, -0.05) is 85.0 Å². The van der Waals surface area contributed by atoms with Gasteiger partial charge in [-0.3, -0.25) is 18.9 Å². The molecule has 0 N–H and O–H groups in total. The summed E-state index contributed by atoms with van der Waals surface area (Å²) < 4.78 is 4.90. The molecule has 6 aromatic heterocycles. The highest BCUT2D eigenvalue weighted by Gasteiger charge is 2.44. The molecule has 2 aliphatic heterocycles. The number of para-hydroxylation sites is 2. The molecule has 0 saturated carbocycles. The number of aromatic nitrogens is 6. The van der Waals surface area contributed by atoms with E-state index in [1.807, 2.05) is 67.3 Å². The molecule has 1 aliphatic carbocycles. The van der Waals surface area contributed by atoms with Crippen molar-refractivity contribution in [1.29, 1.82) is 0 Å². The first-order valence-corrected chi connectivity index (χ1v) is 19.4. The summed E-state index contributed by atoms with van der Waals surface area (Å²) in [7, 11) is 0. The average Bonchev–Trinajstić information content (AvgIpc) is 3.75. The molecule has 9 aromatic rings. The second kappa shape index (κ2) is 12.5. The van der Waals surface area contributed by atoms with Crippen LogP contribution in [0, 0.1) is 0 Å². The van der Waals surface area contributed by atoms with Crippen LogP contribution in [0.5, 0.6) is 0 Å². The molecule has 0 fully saturated rings. The molecule has 268 valence electrons. The van der Waals surface area contributed by atoms with Crippen LogP contribution < -0.4 is 36.8 Å². The lowest BCUT2D eigenvalue weighted by atomic mass is 9.34. The van der Waals surface area contributed by atoms with E-state index >= 15 is 0 Å². The number of nitrogens with zero attached hydrogens (tertiary/aromatic N) is 8. The molecule has 8 heterocycles. The molecule has 0 saturated heterocycles. The molecule has 8 nitrogen and oxygen atoms in total. The van der Waals surface area contributed by atoms with Crippen LogP contribution in [0.2, 0.25) is 0 Å². The predicted molar refractivity (Wildman–Crippen MR) is 232 cm³/mol. The summed E-state index contributed by atoms with van der Waals surface area (Å²) in [5, 5.41) is 4.79. The highest BCUT2D eigenvalue weighted by Crippen LogP contribution is 2.44. The maximum absolute atomic E-state index is 5.15. The fourth-order valence-corrected chi connectivity index (χ4v) is 9.33. The zero-order chi connectivity index (χ0) is 37.5. The minimum atomic E-state index is -0.0680. The molecule has 12 rings (SSSR count). The Morgan fingerprint density at radius 1 is 0.614 bits per heavy atom. The van der Waals surface area contributed by atoms with Crippen LogP contribution in [-0.2, 0) is 0 Å². The fourth-order valence-electron chi connectivity index (χ4n) is 9.33. The quantitative estimate of drug-likeness (QED) is 0.175. The topological polar surface area (TPSA) is 67.9 Å². The highest BCUT2D eigenvalue weighted by atomic mass is 15.3. The van der Waals surface area contributed by atoms with Crippen LogP contribution in [0.25, 0.3) is 45.6 Å². The van der Waals surface area contributed by atoms with Crippen LogP contribution in [-0.4, -0.2) is 35.8 Å². The lowest BCUT2D eigenvalue weighted by Crippen LogP contribution is -2.60. The Morgan fingerprint density at radius 2 is 1.35 bits per heavy atom. The van der Waals surface area contributed by atoms with Gasteiger partial charge in [0, 0.05) is 57.8 Å². The van der Waals surface area contributed by atoms with Crippen molar-refractivity contribution < 1.29 is 0 Å². The molecule has 0 amide bonds. The second-order valence-electron chi connectivity index (χ2n) is 14.6. The van der Waals surface area contributed by atoms with Crippen molar-refractivity contribution >= 4 is 91.7 Å². The van der Waals surface area contributed by atoms with E-state index in [4.69, 9.17) is 19.9 Å². The van der Waals surface area contributed by atoms with Gasteiger partial charge in [-0.05, 0) is 96.0 Å². The summed E-state index contributed by atoms with van der Waals surface area (Å²) in [4.78, 5) is 24.4. The Labute approximate surface area is 328 Å². The van der Waals surface area contributed by atoms with Gasteiger partial charge in [0.25, 0.3) is 6.71 Å². The second-order valence-corrected chi connectivity index (χ2v) is 14.6. The van der Waals surface area contributed by atoms with Crippen molar-refractivity contribution in [2.75, 3.05) is 9.80 Å². The van der Waals surface area contributed by atoms with E-state index in [9.17, 15) is 0 Å². The Balaban J connectivity index is 1.30. The number of pyridine rings is 4. The molecule has 3 aromatic carbocycles. The van der Waals surface area contributed by atoms with Crippen molar-refractivity contribution in [2.24, 2.45) is 0 Å². The number of benzene rings is 3. The van der Waals surface area contributed by atoms with Crippen molar-refractivity contribution in [1.82, 2.24) is 29.1 Å². The van der Waals surface area contributed by atoms with E-state index in [0.717, 1.165) is 69.9 Å². The van der Waals surface area contributed by atoms with Crippen molar-refractivity contribution in [3.05, 3.63) is 175 Å². The third-order valence-corrected chi connectivity index (χ3v) is 11.5. The normalized spacial score (nSPS) is 15.4. The number of fused-ring (bicyclic) bond motifs is 9. The van der Waals surface area contributed by atoms with E-state index < -0.39 is 0 Å². The minimum Gasteiger partial charge on any atom is -0.296 e. The summed E-state index contributed by atoms with van der Waals surface area (Å²) in [6, 6.07) is 44.6. The molecule has 0 radical (unpaired) electrons. The van der Waals surface area contributed by atoms with E-state index in [2.05, 4.69) is 128 Å². The van der Waals surface area contributed by atoms with E-state index in [1.165, 1.54) is 37.9 Å². The lowest BCUT2D eigenvalue weighted by Gasteiger charge is -2.40. The summed E-state index contributed by atoms with van der Waals surface area (Å²) in [5.41, 5.74) is 10.1. The molecule has 0 spiro atoms. The number of hydrogen-bond donors (Lipinski definition) is 0. The third kappa shape index (κ3) is 4.63. The first-order chi connectivity index (χ1) is 28.3. The monoisotopic (exact) mass is 732 g/mol. The Kier molecular flexibility index (Phi) is 6.98. The van der Waals surface area contributed by atoms with Crippen molar-refractivity contribution in [2.45, 2.75) is 12.8 Å². The molecular formula is C48H33BN8. The molecular weight excluding hydrogens is 699 g/mol. The smallest absolute Gasteiger partial charge is 0.254 e. The zero-order valence-electron chi connectivity index (χ0n) is 30.8. The lowest BCUT2D eigenvalue weighted by molar-refractivity contribution is 0.951. The van der Waals surface area contributed by atoms with Crippen LogP contribution in [0.3, 0.4) is 0 Å². The van der Waals surface area contributed by atoms with Crippen LogP contribution >= 0.6 is 0 Å².